The predicted molar refractivity (Wildman–Crippen MR) is 118 cm³/mol. The summed E-state index contributed by atoms with van der Waals surface area (Å²) in [5.74, 6) is 0.811. The Kier molecular flexibility index (Phi) is 5.35. The van der Waals surface area contributed by atoms with Crippen molar-refractivity contribution in [3.05, 3.63) is 61.3 Å². The Bertz CT molecular complexity index is 1400. The van der Waals surface area contributed by atoms with E-state index in [0.717, 1.165) is 11.0 Å². The number of H-pyrrole nitrogens is 1. The van der Waals surface area contributed by atoms with Gasteiger partial charge in [0.15, 0.2) is 0 Å². The number of methoxy groups -OCH3 is 1. The Morgan fingerprint density at radius 3 is 2.82 bits per heavy atom. The van der Waals surface area contributed by atoms with Crippen molar-refractivity contribution in [1.29, 1.82) is 0 Å². The van der Waals surface area contributed by atoms with Crippen molar-refractivity contribution in [2.24, 2.45) is 0 Å². The van der Waals surface area contributed by atoms with Crippen molar-refractivity contribution < 1.29 is 13.5 Å². The van der Waals surface area contributed by atoms with Gasteiger partial charge < -0.3 is 15.0 Å². The Balaban J connectivity index is 1.53. The smallest absolute Gasteiger partial charge is 0.257 e. The number of hydrogen-bond acceptors (Lipinski definition) is 7. The summed E-state index contributed by atoms with van der Waals surface area (Å²) >= 11 is 0. The number of nitrogens with zero attached hydrogens (tertiary/aromatic N) is 6. The molecule has 0 aromatic carbocycles. The highest BCUT2D eigenvalue weighted by Crippen LogP contribution is 2.31. The summed E-state index contributed by atoms with van der Waals surface area (Å²) in [6.45, 7) is -0.527. The van der Waals surface area contributed by atoms with Crippen LogP contribution in [-0.4, -0.2) is 48.2 Å². The molecule has 166 valence electrons. The molecule has 0 aliphatic carbocycles. The molecular formula is C22H18F2N8O. The van der Waals surface area contributed by atoms with Crippen LogP contribution < -0.4 is 10.1 Å². The summed E-state index contributed by atoms with van der Waals surface area (Å²) in [6.07, 6.45) is 5.64. The minimum atomic E-state index is -2.54. The van der Waals surface area contributed by atoms with Gasteiger partial charge in [-0.15, -0.1) is 0 Å². The van der Waals surface area contributed by atoms with Crippen molar-refractivity contribution in [3.63, 3.8) is 0 Å². The lowest BCUT2D eigenvalue weighted by atomic mass is 10.1. The Morgan fingerprint density at radius 1 is 1.12 bits per heavy atom. The molecule has 0 radical (unpaired) electrons. The molecule has 5 rings (SSSR count). The molecule has 11 heteroatoms. The number of fused-ring (bicyclic) bond motifs is 1. The molecule has 9 nitrogen and oxygen atoms in total. The van der Waals surface area contributed by atoms with Crippen LogP contribution in [0.4, 0.5) is 20.4 Å². The van der Waals surface area contributed by atoms with E-state index < -0.39 is 13.0 Å². The molecule has 0 atom stereocenters. The third-order valence-corrected chi connectivity index (χ3v) is 4.89. The van der Waals surface area contributed by atoms with Crippen LogP contribution in [0.2, 0.25) is 0 Å². The molecule has 5 aromatic rings. The molecule has 5 aromatic heterocycles. The molecule has 0 fully saturated rings. The van der Waals surface area contributed by atoms with E-state index in [1.54, 1.807) is 49.2 Å². The molecule has 2 N–H and O–H groups in total. The maximum Gasteiger partial charge on any atom is 0.257 e. The molecule has 0 saturated carbocycles. The fourth-order valence-electron chi connectivity index (χ4n) is 3.40. The molecule has 0 aliphatic rings. The van der Waals surface area contributed by atoms with E-state index in [-0.39, 0.29) is 0 Å². The largest absolute Gasteiger partial charge is 0.481 e. The number of hydrogen-bond donors (Lipinski definition) is 2. The summed E-state index contributed by atoms with van der Waals surface area (Å²) in [5.41, 5.74) is 3.71. The SMILES string of the molecule is COc1ccc(Nc2nccc(-c3cn(CC(F)F)nc3-c3cnc4[nH]ccc4c3)n2)cn1. The van der Waals surface area contributed by atoms with E-state index in [1.165, 1.54) is 11.8 Å². The second kappa shape index (κ2) is 8.61. The molecule has 0 aliphatic heterocycles. The Morgan fingerprint density at radius 2 is 2.03 bits per heavy atom. The number of alkyl halides is 2. The van der Waals surface area contributed by atoms with Crippen molar-refractivity contribution in [2.75, 3.05) is 12.4 Å². The second-order valence-electron chi connectivity index (χ2n) is 7.12. The van der Waals surface area contributed by atoms with E-state index in [0.29, 0.717) is 40.0 Å². The monoisotopic (exact) mass is 448 g/mol. The first-order valence-electron chi connectivity index (χ1n) is 9.98. The topological polar surface area (TPSA) is 106 Å². The minimum Gasteiger partial charge on any atom is -0.481 e. The van der Waals surface area contributed by atoms with Gasteiger partial charge in [0.1, 0.15) is 17.9 Å². The van der Waals surface area contributed by atoms with Crippen LogP contribution in [-0.2, 0) is 6.54 Å². The summed E-state index contributed by atoms with van der Waals surface area (Å²) < 4.78 is 32.4. The average Bonchev–Trinajstić information content (AvgIpc) is 3.46. The van der Waals surface area contributed by atoms with Crippen LogP contribution in [0.3, 0.4) is 0 Å². The van der Waals surface area contributed by atoms with Crippen molar-refractivity contribution >= 4 is 22.7 Å². The number of ether oxygens (including phenoxy) is 1. The second-order valence-corrected chi connectivity index (χ2v) is 7.12. The molecule has 0 amide bonds. The molecule has 33 heavy (non-hydrogen) atoms. The van der Waals surface area contributed by atoms with Crippen LogP contribution in [0.5, 0.6) is 5.88 Å². The number of aromatic amines is 1. The fraction of sp³-hybridized carbons (Fsp3) is 0.136. The van der Waals surface area contributed by atoms with Crippen LogP contribution in [0.15, 0.2) is 61.3 Å². The van der Waals surface area contributed by atoms with Gasteiger partial charge in [0.2, 0.25) is 11.8 Å². The number of nitrogens with one attached hydrogen (secondary N) is 2. The molecule has 5 heterocycles. The maximum atomic E-state index is 13.1. The maximum absolute atomic E-state index is 13.1. The fourth-order valence-corrected chi connectivity index (χ4v) is 3.40. The van der Waals surface area contributed by atoms with Gasteiger partial charge in [0.25, 0.3) is 6.43 Å². The summed E-state index contributed by atoms with van der Waals surface area (Å²) in [6, 6.07) is 8.99. The summed E-state index contributed by atoms with van der Waals surface area (Å²) in [4.78, 5) is 20.4. The van der Waals surface area contributed by atoms with Crippen LogP contribution in [0, 0.1) is 0 Å². The predicted octanol–water partition coefficient (Wildman–Crippen LogP) is 4.30. The first-order chi connectivity index (χ1) is 16.1. The zero-order valence-corrected chi connectivity index (χ0v) is 17.4. The van der Waals surface area contributed by atoms with Crippen molar-refractivity contribution in [2.45, 2.75) is 13.0 Å². The first-order valence-corrected chi connectivity index (χ1v) is 9.98. The van der Waals surface area contributed by atoms with Gasteiger partial charge in [0, 0.05) is 47.4 Å². The Hall–Kier alpha value is -4.41. The zero-order valence-electron chi connectivity index (χ0n) is 17.4. The first kappa shape index (κ1) is 20.5. The average molecular weight is 448 g/mol. The number of halogens is 2. The lowest BCUT2D eigenvalue weighted by Crippen LogP contribution is -2.06. The highest BCUT2D eigenvalue weighted by molar-refractivity contribution is 5.85. The highest BCUT2D eigenvalue weighted by atomic mass is 19.3. The van der Waals surface area contributed by atoms with Crippen LogP contribution in [0.1, 0.15) is 0 Å². The zero-order chi connectivity index (χ0) is 22.8. The lowest BCUT2D eigenvalue weighted by Gasteiger charge is -2.07. The van der Waals surface area contributed by atoms with Gasteiger partial charge in [-0.2, -0.15) is 5.10 Å². The van der Waals surface area contributed by atoms with Crippen LogP contribution in [0.25, 0.3) is 33.5 Å². The number of pyridine rings is 2. The third-order valence-electron chi connectivity index (χ3n) is 4.89. The number of anilines is 2. The third kappa shape index (κ3) is 4.33. The lowest BCUT2D eigenvalue weighted by molar-refractivity contribution is 0.122. The molecule has 0 saturated heterocycles. The normalized spacial score (nSPS) is 11.3. The minimum absolute atomic E-state index is 0.325. The van der Waals surface area contributed by atoms with Gasteiger partial charge in [-0.25, -0.2) is 28.7 Å². The van der Waals surface area contributed by atoms with Crippen molar-refractivity contribution in [3.8, 4) is 28.4 Å². The standard InChI is InChI=1S/C22H18F2N8O/c1-33-19-3-2-15(10-27-19)29-22-26-7-5-17(30-22)16-11-32(12-18(23)24)31-20(16)14-8-13-4-6-25-21(13)28-9-14/h2-11,18H,12H2,1H3,(H,25,28)(H,26,29,30). The molecule has 0 unspecified atom stereocenters. The van der Waals surface area contributed by atoms with Gasteiger partial charge in [-0.1, -0.05) is 0 Å². The summed E-state index contributed by atoms with van der Waals surface area (Å²) in [5, 5.41) is 8.37. The Labute approximate surface area is 186 Å². The van der Waals surface area contributed by atoms with E-state index in [2.05, 4.69) is 35.3 Å². The van der Waals surface area contributed by atoms with E-state index >= 15 is 0 Å². The van der Waals surface area contributed by atoms with Gasteiger partial charge in [-0.3, -0.25) is 4.68 Å². The van der Waals surface area contributed by atoms with E-state index in [1.807, 2.05) is 12.1 Å². The van der Waals surface area contributed by atoms with Crippen LogP contribution >= 0.6 is 0 Å². The highest BCUT2D eigenvalue weighted by Gasteiger charge is 2.18. The van der Waals surface area contributed by atoms with Gasteiger partial charge >= 0.3 is 0 Å². The summed E-state index contributed by atoms with van der Waals surface area (Å²) in [7, 11) is 1.54. The molecule has 0 bridgehead atoms. The van der Waals surface area contributed by atoms with E-state index in [9.17, 15) is 8.78 Å². The molecule has 0 spiro atoms. The van der Waals surface area contributed by atoms with Gasteiger partial charge in [-0.05, 0) is 24.3 Å². The van der Waals surface area contributed by atoms with Crippen molar-refractivity contribution in [1.82, 2.24) is 34.7 Å². The van der Waals surface area contributed by atoms with Gasteiger partial charge in [0.05, 0.1) is 24.7 Å². The van der Waals surface area contributed by atoms with E-state index in [4.69, 9.17) is 4.74 Å². The number of rotatable bonds is 7. The quantitative estimate of drug-likeness (QED) is 0.382. The number of aromatic nitrogens is 7. The molecular weight excluding hydrogens is 430 g/mol.